The van der Waals surface area contributed by atoms with Crippen molar-refractivity contribution < 1.29 is 0 Å². The molecule has 0 aliphatic heterocycles. The molecule has 21 heavy (non-hydrogen) atoms. The monoisotopic (exact) mass is 296 g/mol. The lowest BCUT2D eigenvalue weighted by molar-refractivity contribution is 0.348. The third-order valence-corrected chi connectivity index (χ3v) is 5.59. The Morgan fingerprint density at radius 2 is 1.62 bits per heavy atom. The zero-order chi connectivity index (χ0) is 14.7. The van der Waals surface area contributed by atoms with Crippen molar-refractivity contribution in [2.75, 3.05) is 0 Å². The van der Waals surface area contributed by atoms with Crippen molar-refractivity contribution in [2.24, 2.45) is 5.92 Å². The van der Waals surface area contributed by atoms with Gasteiger partial charge in [-0.05, 0) is 41.8 Å². The van der Waals surface area contributed by atoms with Gasteiger partial charge in [-0.25, -0.2) is 9.97 Å². The number of benzene rings is 1. The average molecular weight is 296 g/mol. The van der Waals surface area contributed by atoms with Crippen LogP contribution in [0.5, 0.6) is 0 Å². The summed E-state index contributed by atoms with van der Waals surface area (Å²) in [6.45, 7) is 2.37. The molecule has 3 heteroatoms. The van der Waals surface area contributed by atoms with Gasteiger partial charge in [0.25, 0.3) is 0 Å². The fourth-order valence-electron chi connectivity index (χ4n) is 3.18. The topological polar surface area (TPSA) is 25.8 Å². The van der Waals surface area contributed by atoms with Crippen LogP contribution in [0.25, 0.3) is 11.4 Å². The molecule has 0 radical (unpaired) electrons. The van der Waals surface area contributed by atoms with Crippen molar-refractivity contribution >= 4 is 10.2 Å². The Balaban J connectivity index is 1.74. The average Bonchev–Trinajstić information content (AvgIpc) is 2.56. The molecule has 1 aromatic heterocycles. The lowest BCUT2D eigenvalue weighted by Crippen LogP contribution is -2.10. The van der Waals surface area contributed by atoms with Crippen LogP contribution in [0.2, 0.25) is 0 Å². The molecule has 1 aliphatic carbocycles. The molecule has 0 atom stereocenters. The highest BCUT2D eigenvalue weighted by atomic mass is 28.1. The third kappa shape index (κ3) is 3.41. The lowest BCUT2D eigenvalue weighted by Gasteiger charge is -2.26. The summed E-state index contributed by atoms with van der Waals surface area (Å²) in [6, 6.07) is 10.0. The predicted molar refractivity (Wildman–Crippen MR) is 91.5 cm³/mol. The highest BCUT2D eigenvalue weighted by Gasteiger charge is 2.19. The van der Waals surface area contributed by atoms with E-state index in [-0.39, 0.29) is 0 Å². The van der Waals surface area contributed by atoms with Crippen molar-refractivity contribution in [3.63, 3.8) is 0 Å². The first kappa shape index (κ1) is 14.5. The molecule has 1 fully saturated rings. The summed E-state index contributed by atoms with van der Waals surface area (Å²) in [6.07, 6.45) is 9.35. The highest BCUT2D eigenvalue weighted by Crippen LogP contribution is 2.35. The minimum absolute atomic E-state index is 0.753. The molecule has 110 valence electrons. The Bertz CT molecular complexity index is 569. The van der Waals surface area contributed by atoms with Gasteiger partial charge >= 0.3 is 0 Å². The van der Waals surface area contributed by atoms with Gasteiger partial charge in [-0.15, -0.1) is 0 Å². The maximum Gasteiger partial charge on any atom is 0.159 e. The number of hydrogen-bond donors (Lipinski definition) is 0. The van der Waals surface area contributed by atoms with Gasteiger partial charge in [-0.3, -0.25) is 0 Å². The van der Waals surface area contributed by atoms with Crippen molar-refractivity contribution in [3.05, 3.63) is 47.8 Å². The third-order valence-electron chi connectivity index (χ3n) is 4.77. The molecule has 1 heterocycles. The summed E-state index contributed by atoms with van der Waals surface area (Å²) in [5.74, 6) is 2.51. The van der Waals surface area contributed by atoms with Gasteiger partial charge in [0.2, 0.25) is 0 Å². The molecule has 0 N–H and O–H groups in total. The van der Waals surface area contributed by atoms with Crippen LogP contribution in [-0.4, -0.2) is 20.2 Å². The van der Waals surface area contributed by atoms with Gasteiger partial charge in [0.05, 0.1) is 0 Å². The summed E-state index contributed by atoms with van der Waals surface area (Å²) in [4.78, 5) is 8.97. The van der Waals surface area contributed by atoms with Gasteiger partial charge in [0.1, 0.15) is 0 Å². The van der Waals surface area contributed by atoms with E-state index >= 15 is 0 Å². The van der Waals surface area contributed by atoms with E-state index < -0.39 is 0 Å². The largest absolute Gasteiger partial charge is 0.236 e. The highest BCUT2D eigenvalue weighted by molar-refractivity contribution is 6.08. The van der Waals surface area contributed by atoms with Gasteiger partial charge in [0, 0.05) is 28.2 Å². The lowest BCUT2D eigenvalue weighted by atomic mass is 9.79. The van der Waals surface area contributed by atoms with E-state index in [1.807, 2.05) is 12.4 Å². The molecule has 1 saturated carbocycles. The Hall–Kier alpha value is -1.48. The summed E-state index contributed by atoms with van der Waals surface area (Å²) in [7, 11) is 1.17. The Morgan fingerprint density at radius 3 is 2.19 bits per heavy atom. The van der Waals surface area contributed by atoms with Crippen LogP contribution >= 0.6 is 0 Å². The van der Waals surface area contributed by atoms with Crippen LogP contribution in [0.3, 0.4) is 0 Å². The molecule has 0 spiro atoms. The fraction of sp³-hybridized carbons (Fsp3) is 0.444. The quantitative estimate of drug-likeness (QED) is 0.812. The smallest absolute Gasteiger partial charge is 0.159 e. The first-order valence-corrected chi connectivity index (χ1v) is 9.59. The maximum atomic E-state index is 4.48. The van der Waals surface area contributed by atoms with Crippen LogP contribution in [0.4, 0.5) is 0 Å². The van der Waals surface area contributed by atoms with Crippen molar-refractivity contribution in [1.82, 2.24) is 9.97 Å². The van der Waals surface area contributed by atoms with Crippen molar-refractivity contribution in [3.8, 4) is 11.4 Å². The standard InChI is InChI=1S/C18H24N2Si/c1-13-2-4-15(5-3-13)16-6-8-17(9-7-16)18-19-10-14(12-21)11-20-18/h6-11,13,15H,2-5,12H2,1,21H3. The second-order valence-electron chi connectivity index (χ2n) is 6.35. The molecule has 0 unspecified atom stereocenters. The maximum absolute atomic E-state index is 4.48. The van der Waals surface area contributed by atoms with Crippen LogP contribution in [0.1, 0.15) is 49.7 Å². The van der Waals surface area contributed by atoms with Crippen LogP contribution < -0.4 is 0 Å². The zero-order valence-corrected chi connectivity index (χ0v) is 15.0. The second kappa shape index (κ2) is 6.52. The molecular formula is C18H24N2Si. The molecule has 3 rings (SSSR count). The molecule has 2 nitrogen and oxygen atoms in total. The number of nitrogens with zero attached hydrogens (tertiary/aromatic N) is 2. The van der Waals surface area contributed by atoms with Crippen LogP contribution in [-0.2, 0) is 6.04 Å². The molecule has 0 bridgehead atoms. The number of aromatic nitrogens is 2. The van der Waals surface area contributed by atoms with Gasteiger partial charge < -0.3 is 0 Å². The normalized spacial score (nSPS) is 22.3. The Labute approximate surface area is 130 Å². The SMILES string of the molecule is CC1CCC(c2ccc(-c3ncc(C[SiH3])cn3)cc2)CC1. The minimum atomic E-state index is 0.753. The molecule has 1 aromatic carbocycles. The zero-order valence-electron chi connectivity index (χ0n) is 13.0. The number of rotatable bonds is 3. The summed E-state index contributed by atoms with van der Waals surface area (Å²) in [5, 5.41) is 0. The van der Waals surface area contributed by atoms with Crippen molar-refractivity contribution in [1.29, 1.82) is 0 Å². The summed E-state index contributed by atoms with van der Waals surface area (Å²) >= 11 is 0. The number of hydrogen-bond acceptors (Lipinski definition) is 2. The van der Waals surface area contributed by atoms with Crippen molar-refractivity contribution in [2.45, 2.75) is 44.6 Å². The van der Waals surface area contributed by atoms with Crippen LogP contribution in [0, 0.1) is 5.92 Å². The summed E-state index contributed by atoms with van der Waals surface area (Å²) in [5.41, 5.74) is 3.86. The minimum Gasteiger partial charge on any atom is -0.236 e. The fourth-order valence-corrected chi connectivity index (χ4v) is 3.55. The summed E-state index contributed by atoms with van der Waals surface area (Å²) < 4.78 is 0. The first-order chi connectivity index (χ1) is 10.3. The molecule has 0 amide bonds. The first-order valence-electron chi connectivity index (χ1n) is 8.17. The van der Waals surface area contributed by atoms with E-state index in [2.05, 4.69) is 41.2 Å². The van der Waals surface area contributed by atoms with E-state index in [4.69, 9.17) is 0 Å². The van der Waals surface area contributed by atoms with E-state index in [1.54, 1.807) is 0 Å². The van der Waals surface area contributed by atoms with E-state index in [0.29, 0.717) is 0 Å². The Kier molecular flexibility index (Phi) is 4.49. The Morgan fingerprint density at radius 1 is 1.00 bits per heavy atom. The molecule has 1 aliphatic rings. The van der Waals surface area contributed by atoms with E-state index in [0.717, 1.165) is 29.3 Å². The van der Waals surface area contributed by atoms with Gasteiger partial charge in [-0.2, -0.15) is 0 Å². The predicted octanol–water partition coefficient (Wildman–Crippen LogP) is 3.30. The van der Waals surface area contributed by atoms with Gasteiger partial charge in [-0.1, -0.05) is 44.0 Å². The molecule has 0 saturated heterocycles. The van der Waals surface area contributed by atoms with Crippen LogP contribution in [0.15, 0.2) is 36.7 Å². The molecule has 2 aromatic rings. The molecular weight excluding hydrogens is 272 g/mol. The second-order valence-corrected chi connectivity index (χ2v) is 7.05. The van der Waals surface area contributed by atoms with E-state index in [9.17, 15) is 0 Å². The van der Waals surface area contributed by atoms with E-state index in [1.165, 1.54) is 47.1 Å². The van der Waals surface area contributed by atoms with Gasteiger partial charge in [0.15, 0.2) is 5.82 Å².